The van der Waals surface area contributed by atoms with Crippen LogP contribution in [-0.4, -0.2) is 18.7 Å². The summed E-state index contributed by atoms with van der Waals surface area (Å²) in [6, 6.07) is 32.5. The molecule has 0 aliphatic rings. The van der Waals surface area contributed by atoms with Crippen LogP contribution < -0.4 is 15.9 Å². The van der Waals surface area contributed by atoms with E-state index < -0.39 is 7.26 Å². The lowest BCUT2D eigenvalue weighted by atomic mass is 10.4. The molecule has 28 heavy (non-hydrogen) atoms. The normalized spacial score (nSPS) is 13.8. The average molecular weight is 393 g/mol. The molecule has 0 aromatic heterocycles. The number of hydrogen-bond acceptors (Lipinski definition) is 2. The molecule has 0 bridgehead atoms. The average Bonchev–Trinajstić information content (AvgIpc) is 2.76. The van der Waals surface area contributed by atoms with Crippen molar-refractivity contribution in [3.63, 3.8) is 0 Å². The van der Waals surface area contributed by atoms with E-state index in [1.165, 1.54) is 15.9 Å². The van der Waals surface area contributed by atoms with Gasteiger partial charge < -0.3 is 9.47 Å². The largest absolute Gasteiger partial charge is 0.353 e. The zero-order chi connectivity index (χ0) is 19.8. The zero-order valence-corrected chi connectivity index (χ0v) is 17.9. The van der Waals surface area contributed by atoms with Crippen LogP contribution >= 0.6 is 7.26 Å². The van der Waals surface area contributed by atoms with Gasteiger partial charge in [0.25, 0.3) is 0 Å². The van der Waals surface area contributed by atoms with Gasteiger partial charge in [0.15, 0.2) is 12.1 Å². The lowest BCUT2D eigenvalue weighted by Crippen LogP contribution is -2.40. The van der Waals surface area contributed by atoms with Crippen molar-refractivity contribution in [2.24, 2.45) is 0 Å². The number of ether oxygens (including phenoxy) is 2. The second-order valence-electron chi connectivity index (χ2n) is 6.76. The summed E-state index contributed by atoms with van der Waals surface area (Å²) < 4.78 is 12.5. The van der Waals surface area contributed by atoms with E-state index in [9.17, 15) is 0 Å². The van der Waals surface area contributed by atoms with Crippen molar-refractivity contribution >= 4 is 23.2 Å². The summed E-state index contributed by atoms with van der Waals surface area (Å²) in [5.74, 6) is -0.0174. The molecule has 0 aliphatic carbocycles. The molecule has 0 amide bonds. The third-order valence-corrected chi connectivity index (χ3v) is 9.62. The van der Waals surface area contributed by atoms with Crippen LogP contribution in [0.1, 0.15) is 27.2 Å². The highest BCUT2D eigenvalue weighted by molar-refractivity contribution is 7.96. The number of hydrogen-bond donors (Lipinski definition) is 0. The molecule has 0 fully saturated rings. The summed E-state index contributed by atoms with van der Waals surface area (Å²) in [6.45, 7) is 6.99. The molecule has 0 heterocycles. The van der Waals surface area contributed by atoms with Gasteiger partial charge in [-0.15, -0.1) is 0 Å². The van der Waals surface area contributed by atoms with Crippen LogP contribution in [0.25, 0.3) is 0 Å². The van der Waals surface area contributed by atoms with Gasteiger partial charge in [-0.2, -0.15) is 0 Å². The number of benzene rings is 3. The van der Waals surface area contributed by atoms with Gasteiger partial charge in [0.05, 0.1) is 0 Å². The summed E-state index contributed by atoms with van der Waals surface area (Å²) in [7, 11) is -2.04. The zero-order valence-electron chi connectivity index (χ0n) is 17.0. The minimum Gasteiger partial charge on any atom is -0.353 e. The summed E-state index contributed by atoms with van der Waals surface area (Å²) >= 11 is 0. The lowest BCUT2D eigenvalue weighted by Gasteiger charge is -2.34. The highest BCUT2D eigenvalue weighted by Crippen LogP contribution is 2.60. The fourth-order valence-corrected chi connectivity index (χ4v) is 8.22. The third kappa shape index (κ3) is 4.20. The standard InChI is InChI=1S/C25H30O2P/c1-4-25(26-5-2)27-21(3)28(22-15-9-6-10-16-22,23-17-11-7-12-18-23)24-19-13-8-14-20-24/h6-21,25H,4-5H2,1-3H3/q+1. The SMILES string of the molecule is CCOC(CC)OC(C)[P+](c1ccccc1)(c1ccccc1)c1ccccc1. The molecule has 0 radical (unpaired) electrons. The van der Waals surface area contributed by atoms with Gasteiger partial charge >= 0.3 is 0 Å². The molecule has 2 nitrogen and oxygen atoms in total. The molecule has 3 aromatic rings. The second-order valence-corrected chi connectivity index (χ2v) is 10.5. The first kappa shape index (κ1) is 20.7. The molecule has 2 atom stereocenters. The van der Waals surface area contributed by atoms with E-state index in [2.05, 4.69) is 105 Å². The highest BCUT2D eigenvalue weighted by Gasteiger charge is 2.51. The highest BCUT2D eigenvalue weighted by atomic mass is 31.2. The van der Waals surface area contributed by atoms with Gasteiger partial charge in [-0.1, -0.05) is 61.5 Å². The predicted molar refractivity (Wildman–Crippen MR) is 121 cm³/mol. The van der Waals surface area contributed by atoms with Crippen LogP contribution in [0.2, 0.25) is 0 Å². The quantitative estimate of drug-likeness (QED) is 0.371. The molecule has 2 unspecified atom stereocenters. The van der Waals surface area contributed by atoms with Crippen LogP contribution in [-0.2, 0) is 9.47 Å². The monoisotopic (exact) mass is 393 g/mol. The fraction of sp³-hybridized carbons (Fsp3) is 0.280. The molecular formula is C25H30O2P+. The van der Waals surface area contributed by atoms with Crippen LogP contribution in [0, 0.1) is 0 Å². The Balaban J connectivity index is 2.22. The first-order valence-corrected chi connectivity index (χ1v) is 11.9. The van der Waals surface area contributed by atoms with Crippen LogP contribution in [0.3, 0.4) is 0 Å². The van der Waals surface area contributed by atoms with Gasteiger partial charge in [-0.25, -0.2) is 0 Å². The van der Waals surface area contributed by atoms with Gasteiger partial charge in [0.2, 0.25) is 0 Å². The molecule has 3 rings (SSSR count). The first-order valence-electron chi connectivity index (χ1n) is 10.1. The summed E-state index contributed by atoms with van der Waals surface area (Å²) in [6.07, 6.45) is 0.631. The van der Waals surface area contributed by atoms with Crippen molar-refractivity contribution in [3.8, 4) is 0 Å². The maximum Gasteiger partial charge on any atom is 0.181 e. The lowest BCUT2D eigenvalue weighted by molar-refractivity contribution is -0.146. The van der Waals surface area contributed by atoms with Crippen LogP contribution in [0.5, 0.6) is 0 Å². The van der Waals surface area contributed by atoms with E-state index in [4.69, 9.17) is 9.47 Å². The maximum atomic E-state index is 6.60. The van der Waals surface area contributed by atoms with Crippen molar-refractivity contribution in [2.45, 2.75) is 39.3 Å². The Morgan fingerprint density at radius 2 is 1.07 bits per heavy atom. The Morgan fingerprint density at radius 1 is 0.679 bits per heavy atom. The van der Waals surface area contributed by atoms with Gasteiger partial charge in [0, 0.05) is 6.61 Å². The van der Waals surface area contributed by atoms with Crippen molar-refractivity contribution in [3.05, 3.63) is 91.0 Å². The Morgan fingerprint density at radius 3 is 1.39 bits per heavy atom. The topological polar surface area (TPSA) is 18.5 Å². The molecule has 0 saturated heterocycles. The molecule has 0 N–H and O–H groups in total. The Kier molecular flexibility index (Phi) is 7.39. The van der Waals surface area contributed by atoms with Crippen molar-refractivity contribution in [2.75, 3.05) is 6.61 Å². The smallest absolute Gasteiger partial charge is 0.181 e. The van der Waals surface area contributed by atoms with E-state index in [1.54, 1.807) is 0 Å². The van der Waals surface area contributed by atoms with Crippen LogP contribution in [0.15, 0.2) is 91.0 Å². The molecule has 146 valence electrons. The third-order valence-electron chi connectivity index (χ3n) is 5.07. The van der Waals surface area contributed by atoms with Crippen LogP contribution in [0.4, 0.5) is 0 Å². The molecule has 3 heteroatoms. The Bertz CT molecular complexity index is 724. The van der Waals surface area contributed by atoms with Crippen molar-refractivity contribution < 1.29 is 9.47 Å². The van der Waals surface area contributed by atoms with Gasteiger partial charge in [0.1, 0.15) is 23.2 Å². The second kappa shape index (κ2) is 9.98. The fourth-order valence-electron chi connectivity index (χ4n) is 3.82. The molecular weight excluding hydrogens is 363 g/mol. The van der Waals surface area contributed by atoms with Crippen molar-refractivity contribution in [1.29, 1.82) is 0 Å². The first-order chi connectivity index (χ1) is 13.7. The Labute approximate surface area is 169 Å². The molecule has 0 spiro atoms. The van der Waals surface area contributed by atoms with E-state index >= 15 is 0 Å². The predicted octanol–water partition coefficient (Wildman–Crippen LogP) is 5.12. The van der Waals surface area contributed by atoms with Gasteiger partial charge in [-0.3, -0.25) is 0 Å². The molecule has 0 aliphatic heterocycles. The minimum atomic E-state index is -2.04. The molecule has 0 saturated carbocycles. The Hall–Kier alpha value is -1.99. The summed E-state index contributed by atoms with van der Waals surface area (Å²) in [4.78, 5) is 0. The molecule has 3 aromatic carbocycles. The van der Waals surface area contributed by atoms with Crippen molar-refractivity contribution in [1.82, 2.24) is 0 Å². The summed E-state index contributed by atoms with van der Waals surface area (Å²) in [5, 5.41) is 3.98. The maximum absolute atomic E-state index is 6.60. The van der Waals surface area contributed by atoms with E-state index in [0.29, 0.717) is 6.61 Å². The van der Waals surface area contributed by atoms with E-state index in [0.717, 1.165) is 6.42 Å². The number of rotatable bonds is 9. The summed E-state index contributed by atoms with van der Waals surface area (Å²) in [5.41, 5.74) is 0. The van der Waals surface area contributed by atoms with Gasteiger partial charge in [-0.05, 0) is 56.7 Å². The van der Waals surface area contributed by atoms with E-state index in [-0.39, 0.29) is 12.1 Å². The minimum absolute atomic E-state index is 0.0174. The van der Waals surface area contributed by atoms with E-state index in [1.807, 2.05) is 6.92 Å².